The summed E-state index contributed by atoms with van der Waals surface area (Å²) in [7, 11) is 0. The van der Waals surface area contributed by atoms with E-state index >= 15 is 0 Å². The minimum Gasteiger partial charge on any atom is -0.489 e. The maximum atomic E-state index is 10.9. The fourth-order valence-electron chi connectivity index (χ4n) is 3.52. The molecular weight excluding hydrogens is 423 g/mol. The third-order valence-electron chi connectivity index (χ3n) is 5.00. The summed E-state index contributed by atoms with van der Waals surface area (Å²) in [6.45, 7) is 0.324. The van der Waals surface area contributed by atoms with Crippen LogP contribution in [-0.2, 0) is 13.0 Å². The zero-order valence-electron chi connectivity index (χ0n) is 15.8. The molecule has 3 aromatic rings. The predicted molar refractivity (Wildman–Crippen MR) is 117 cm³/mol. The first-order valence-corrected chi connectivity index (χ1v) is 10.1. The second kappa shape index (κ2) is 8.52. The van der Waals surface area contributed by atoms with Gasteiger partial charge in [0.05, 0.1) is 5.56 Å². The minimum absolute atomic E-state index is 0.241. The standard InChI is InChI=1S/C24H18Cl2O4/c25-19-8-15(9-20(26)12-19)7-18-10-17-11-21(5-6-22(17)23(18)27)30-13-14-1-3-16(4-2-14)24(28)29/h1-9,11-12,23,27H,10,13H2,(H,28,29)/b18-7+. The van der Waals surface area contributed by atoms with E-state index in [1.807, 2.05) is 24.3 Å². The number of halogens is 2. The molecule has 30 heavy (non-hydrogen) atoms. The van der Waals surface area contributed by atoms with Crippen molar-refractivity contribution >= 4 is 35.2 Å². The van der Waals surface area contributed by atoms with Crippen molar-refractivity contribution in [2.45, 2.75) is 19.1 Å². The highest BCUT2D eigenvalue weighted by Crippen LogP contribution is 2.39. The van der Waals surface area contributed by atoms with Crippen LogP contribution >= 0.6 is 23.2 Å². The largest absolute Gasteiger partial charge is 0.489 e. The molecule has 0 spiro atoms. The number of aliphatic hydroxyl groups is 1. The number of fused-ring (bicyclic) bond motifs is 1. The van der Waals surface area contributed by atoms with Crippen molar-refractivity contribution in [3.05, 3.63) is 104 Å². The molecule has 0 aromatic heterocycles. The first-order chi connectivity index (χ1) is 14.4. The lowest BCUT2D eigenvalue weighted by atomic mass is 10.1. The van der Waals surface area contributed by atoms with Gasteiger partial charge in [0, 0.05) is 10.0 Å². The van der Waals surface area contributed by atoms with Gasteiger partial charge in [-0.05, 0) is 76.7 Å². The highest BCUT2D eigenvalue weighted by molar-refractivity contribution is 6.34. The Kier molecular flexibility index (Phi) is 5.82. The van der Waals surface area contributed by atoms with Crippen molar-refractivity contribution in [1.29, 1.82) is 0 Å². The Labute approximate surface area is 184 Å². The van der Waals surface area contributed by atoms with Crippen LogP contribution in [0.15, 0.2) is 66.2 Å². The van der Waals surface area contributed by atoms with Crippen molar-refractivity contribution < 1.29 is 19.7 Å². The summed E-state index contributed by atoms with van der Waals surface area (Å²) in [4.78, 5) is 10.9. The zero-order valence-corrected chi connectivity index (χ0v) is 17.3. The highest BCUT2D eigenvalue weighted by Gasteiger charge is 2.25. The van der Waals surface area contributed by atoms with E-state index in [0.29, 0.717) is 28.8 Å². The minimum atomic E-state index is -0.955. The number of carboxylic acids is 1. The van der Waals surface area contributed by atoms with Gasteiger partial charge in [-0.25, -0.2) is 4.79 Å². The van der Waals surface area contributed by atoms with Crippen LogP contribution < -0.4 is 4.74 Å². The molecule has 4 nitrogen and oxygen atoms in total. The van der Waals surface area contributed by atoms with Gasteiger partial charge in [0.15, 0.2) is 0 Å². The quantitative estimate of drug-likeness (QED) is 0.514. The van der Waals surface area contributed by atoms with E-state index in [1.54, 1.807) is 42.5 Å². The van der Waals surface area contributed by atoms with Crippen molar-refractivity contribution in [1.82, 2.24) is 0 Å². The first-order valence-electron chi connectivity index (χ1n) is 9.31. The molecule has 0 saturated heterocycles. The van der Waals surface area contributed by atoms with E-state index in [2.05, 4.69) is 0 Å². The first kappa shape index (κ1) is 20.5. The van der Waals surface area contributed by atoms with Gasteiger partial charge in [0.25, 0.3) is 0 Å². The highest BCUT2D eigenvalue weighted by atomic mass is 35.5. The molecule has 6 heteroatoms. The molecule has 0 fully saturated rings. The number of aromatic carboxylic acids is 1. The monoisotopic (exact) mass is 440 g/mol. The number of ether oxygens (including phenoxy) is 1. The summed E-state index contributed by atoms with van der Waals surface area (Å²) in [5.74, 6) is -0.265. The topological polar surface area (TPSA) is 66.8 Å². The molecule has 0 heterocycles. The number of carboxylic acid groups (broad SMARTS) is 1. The molecule has 1 aliphatic rings. The molecule has 1 atom stereocenters. The number of hydrogen-bond acceptors (Lipinski definition) is 3. The van der Waals surface area contributed by atoms with Crippen LogP contribution in [0.2, 0.25) is 10.0 Å². The summed E-state index contributed by atoms with van der Waals surface area (Å²) in [5.41, 5.74) is 4.68. The Balaban J connectivity index is 1.48. The van der Waals surface area contributed by atoms with Gasteiger partial charge < -0.3 is 14.9 Å². The Bertz CT molecular complexity index is 1120. The number of benzene rings is 3. The van der Waals surface area contributed by atoms with Crippen LogP contribution in [-0.4, -0.2) is 16.2 Å². The molecule has 1 aliphatic carbocycles. The summed E-state index contributed by atoms with van der Waals surface area (Å²) in [6.07, 6.45) is 1.83. The lowest BCUT2D eigenvalue weighted by molar-refractivity contribution is 0.0697. The molecule has 0 radical (unpaired) electrons. The summed E-state index contributed by atoms with van der Waals surface area (Å²) < 4.78 is 5.85. The van der Waals surface area contributed by atoms with E-state index in [-0.39, 0.29) is 5.56 Å². The van der Waals surface area contributed by atoms with E-state index < -0.39 is 12.1 Å². The number of rotatable bonds is 5. The van der Waals surface area contributed by atoms with Crippen LogP contribution in [0.3, 0.4) is 0 Å². The van der Waals surface area contributed by atoms with Crippen molar-refractivity contribution in [3.8, 4) is 5.75 Å². The molecule has 3 aromatic carbocycles. The van der Waals surface area contributed by atoms with Gasteiger partial charge in [-0.15, -0.1) is 0 Å². The van der Waals surface area contributed by atoms with Crippen LogP contribution in [0.4, 0.5) is 0 Å². The lowest BCUT2D eigenvalue weighted by Crippen LogP contribution is -1.99. The maximum absolute atomic E-state index is 10.9. The van der Waals surface area contributed by atoms with Crippen molar-refractivity contribution in [2.75, 3.05) is 0 Å². The van der Waals surface area contributed by atoms with Gasteiger partial charge in [-0.3, -0.25) is 0 Å². The number of hydrogen-bond donors (Lipinski definition) is 2. The zero-order chi connectivity index (χ0) is 21.3. The van der Waals surface area contributed by atoms with Crippen LogP contribution in [0, 0.1) is 0 Å². The van der Waals surface area contributed by atoms with E-state index in [9.17, 15) is 9.90 Å². The van der Waals surface area contributed by atoms with Gasteiger partial charge in [-0.2, -0.15) is 0 Å². The van der Waals surface area contributed by atoms with Crippen LogP contribution in [0.5, 0.6) is 5.75 Å². The third-order valence-corrected chi connectivity index (χ3v) is 5.43. The molecule has 0 aliphatic heterocycles. The fourth-order valence-corrected chi connectivity index (χ4v) is 4.06. The second-order valence-corrected chi connectivity index (χ2v) is 8.03. The summed E-state index contributed by atoms with van der Waals surface area (Å²) >= 11 is 12.1. The summed E-state index contributed by atoms with van der Waals surface area (Å²) in [5, 5.41) is 20.7. The molecule has 1 unspecified atom stereocenters. The normalized spacial score (nSPS) is 16.5. The van der Waals surface area contributed by atoms with Gasteiger partial charge in [-0.1, -0.05) is 47.5 Å². The molecule has 0 bridgehead atoms. The fraction of sp³-hybridized carbons (Fsp3) is 0.125. The molecule has 152 valence electrons. The molecule has 0 saturated carbocycles. The Morgan fingerprint density at radius 1 is 1.03 bits per heavy atom. The average molecular weight is 441 g/mol. The van der Waals surface area contributed by atoms with Gasteiger partial charge in [0.1, 0.15) is 18.5 Å². The smallest absolute Gasteiger partial charge is 0.335 e. The number of carbonyl (C=O) groups is 1. The van der Waals surface area contributed by atoms with Crippen LogP contribution in [0.25, 0.3) is 6.08 Å². The third kappa shape index (κ3) is 4.51. The van der Waals surface area contributed by atoms with Crippen molar-refractivity contribution in [3.63, 3.8) is 0 Å². The van der Waals surface area contributed by atoms with E-state index in [4.69, 9.17) is 33.0 Å². The second-order valence-electron chi connectivity index (χ2n) is 7.15. The molecule has 4 rings (SSSR count). The SMILES string of the molecule is O=C(O)c1ccc(COc2ccc3c(c2)C/C(=C\c2cc(Cl)cc(Cl)c2)C3O)cc1. The van der Waals surface area contributed by atoms with Gasteiger partial charge >= 0.3 is 5.97 Å². The molecule has 2 N–H and O–H groups in total. The average Bonchev–Trinajstić information content (AvgIpc) is 3.00. The predicted octanol–water partition coefficient (Wildman–Crippen LogP) is 5.94. The van der Waals surface area contributed by atoms with E-state index in [1.165, 1.54) is 0 Å². The van der Waals surface area contributed by atoms with E-state index in [0.717, 1.165) is 27.8 Å². The Morgan fingerprint density at radius 3 is 2.40 bits per heavy atom. The Hall–Kier alpha value is -2.79. The molecule has 0 amide bonds. The number of aliphatic hydroxyl groups excluding tert-OH is 1. The van der Waals surface area contributed by atoms with Gasteiger partial charge in [0.2, 0.25) is 0 Å². The maximum Gasteiger partial charge on any atom is 0.335 e. The summed E-state index contributed by atoms with van der Waals surface area (Å²) in [6, 6.07) is 17.5. The lowest BCUT2D eigenvalue weighted by Gasteiger charge is -2.09. The molecular formula is C24H18Cl2O4. The Morgan fingerprint density at radius 2 is 1.73 bits per heavy atom. The van der Waals surface area contributed by atoms with Crippen LogP contribution in [0.1, 0.15) is 38.7 Å². The van der Waals surface area contributed by atoms with Crippen molar-refractivity contribution in [2.24, 2.45) is 0 Å².